The van der Waals surface area contributed by atoms with E-state index in [9.17, 15) is 4.39 Å². The molecule has 6 nitrogen and oxygen atoms in total. The summed E-state index contributed by atoms with van der Waals surface area (Å²) in [6.07, 6.45) is 1.43. The molecule has 0 aliphatic carbocycles. The third kappa shape index (κ3) is 4.44. The van der Waals surface area contributed by atoms with Crippen LogP contribution in [-0.2, 0) is 13.2 Å². The summed E-state index contributed by atoms with van der Waals surface area (Å²) in [6, 6.07) is 7.96. The number of H-pyrrole nitrogens is 1. The summed E-state index contributed by atoms with van der Waals surface area (Å²) in [5.41, 5.74) is 1.63. The lowest BCUT2D eigenvalue weighted by molar-refractivity contribution is 0.282. The van der Waals surface area contributed by atoms with E-state index in [1.807, 2.05) is 12.1 Å². The predicted octanol–water partition coefficient (Wildman–Crippen LogP) is 4.56. The van der Waals surface area contributed by atoms with Crippen molar-refractivity contribution in [1.29, 1.82) is 0 Å². The van der Waals surface area contributed by atoms with Gasteiger partial charge >= 0.3 is 0 Å². The minimum atomic E-state index is -0.388. The van der Waals surface area contributed by atoms with Gasteiger partial charge in [-0.3, -0.25) is 0 Å². The van der Waals surface area contributed by atoms with Gasteiger partial charge in [0.25, 0.3) is 0 Å². The molecule has 0 saturated heterocycles. The first-order valence-electron chi connectivity index (χ1n) is 7.59. The average molecular weight is 442 g/mol. The molecule has 0 fully saturated rings. The maximum Gasteiger partial charge on any atom is 0.218 e. The second kappa shape index (κ2) is 8.37. The van der Waals surface area contributed by atoms with Crippen molar-refractivity contribution in [3.05, 3.63) is 63.1 Å². The number of nitrogens with one attached hydrogen (secondary N) is 2. The highest BCUT2D eigenvalue weighted by Crippen LogP contribution is 2.37. The van der Waals surface area contributed by atoms with Crippen molar-refractivity contribution in [1.82, 2.24) is 15.2 Å². The van der Waals surface area contributed by atoms with Crippen LogP contribution >= 0.6 is 27.5 Å². The zero-order chi connectivity index (χ0) is 18.5. The van der Waals surface area contributed by atoms with Crippen LogP contribution in [0, 0.1) is 5.82 Å². The zero-order valence-corrected chi connectivity index (χ0v) is 16.1. The molecule has 0 aliphatic rings. The first kappa shape index (κ1) is 18.5. The monoisotopic (exact) mass is 440 g/mol. The van der Waals surface area contributed by atoms with Crippen molar-refractivity contribution in [2.45, 2.75) is 13.2 Å². The topological polar surface area (TPSA) is 72.1 Å². The van der Waals surface area contributed by atoms with Crippen molar-refractivity contribution in [3.8, 4) is 11.5 Å². The lowest BCUT2D eigenvalue weighted by atomic mass is 10.2. The molecule has 0 unspecified atom stereocenters. The third-order valence-corrected chi connectivity index (χ3v) is 4.49. The van der Waals surface area contributed by atoms with Crippen LogP contribution in [0.25, 0.3) is 0 Å². The number of ether oxygens (including phenoxy) is 2. The van der Waals surface area contributed by atoms with E-state index in [4.69, 9.17) is 21.1 Å². The quantitative estimate of drug-likeness (QED) is 0.562. The normalized spacial score (nSPS) is 10.6. The molecule has 0 radical (unpaired) electrons. The van der Waals surface area contributed by atoms with Crippen LogP contribution in [0.5, 0.6) is 11.5 Å². The van der Waals surface area contributed by atoms with Crippen LogP contribution < -0.4 is 14.8 Å². The number of aromatic amines is 1. The number of aromatic nitrogens is 3. The molecule has 3 rings (SSSR count). The van der Waals surface area contributed by atoms with E-state index in [1.54, 1.807) is 13.2 Å². The van der Waals surface area contributed by atoms with Crippen LogP contribution in [0.2, 0.25) is 5.02 Å². The lowest BCUT2D eigenvalue weighted by Gasteiger charge is -2.15. The Morgan fingerprint density at radius 1 is 1.31 bits per heavy atom. The molecule has 1 aromatic heterocycles. The first-order valence-corrected chi connectivity index (χ1v) is 8.76. The van der Waals surface area contributed by atoms with E-state index < -0.39 is 0 Å². The van der Waals surface area contributed by atoms with Gasteiger partial charge in [-0.25, -0.2) is 14.5 Å². The van der Waals surface area contributed by atoms with Crippen molar-refractivity contribution < 1.29 is 13.9 Å². The Morgan fingerprint density at radius 2 is 2.15 bits per heavy atom. The number of hydrogen-bond donors (Lipinski definition) is 2. The molecule has 3 aromatic rings. The number of halogens is 3. The Balaban J connectivity index is 1.74. The Kier molecular flexibility index (Phi) is 5.95. The number of hydrogen-bond acceptors (Lipinski definition) is 5. The van der Waals surface area contributed by atoms with Gasteiger partial charge in [-0.05, 0) is 45.8 Å². The van der Waals surface area contributed by atoms with Gasteiger partial charge < -0.3 is 14.8 Å². The highest BCUT2D eigenvalue weighted by molar-refractivity contribution is 9.10. The molecule has 0 bridgehead atoms. The van der Waals surface area contributed by atoms with E-state index in [-0.39, 0.29) is 12.4 Å². The van der Waals surface area contributed by atoms with Gasteiger partial charge in [0.05, 0.1) is 16.6 Å². The van der Waals surface area contributed by atoms with Gasteiger partial charge in [-0.2, -0.15) is 5.10 Å². The van der Waals surface area contributed by atoms with Crippen LogP contribution in [0.3, 0.4) is 0 Å². The first-order chi connectivity index (χ1) is 12.6. The smallest absolute Gasteiger partial charge is 0.218 e. The Labute approximate surface area is 162 Å². The predicted molar refractivity (Wildman–Crippen MR) is 100 cm³/mol. The number of benzene rings is 2. The third-order valence-electron chi connectivity index (χ3n) is 3.55. The number of methoxy groups -OCH3 is 1. The van der Waals surface area contributed by atoms with Crippen molar-refractivity contribution in [2.75, 3.05) is 12.4 Å². The van der Waals surface area contributed by atoms with Crippen LogP contribution in [0.15, 0.2) is 41.1 Å². The summed E-state index contributed by atoms with van der Waals surface area (Å²) in [5.74, 6) is 1.29. The number of nitrogens with zero attached hydrogens (tertiary/aromatic N) is 2. The van der Waals surface area contributed by atoms with Crippen LogP contribution in [0.1, 0.15) is 11.1 Å². The van der Waals surface area contributed by atoms with Gasteiger partial charge in [-0.15, -0.1) is 0 Å². The summed E-state index contributed by atoms with van der Waals surface area (Å²) >= 11 is 9.54. The Morgan fingerprint density at radius 3 is 2.85 bits per heavy atom. The number of rotatable bonds is 7. The van der Waals surface area contributed by atoms with Gasteiger partial charge in [0.1, 0.15) is 18.8 Å². The minimum absolute atomic E-state index is 0.184. The highest BCUT2D eigenvalue weighted by atomic mass is 79.9. The van der Waals surface area contributed by atoms with Crippen LogP contribution in [-0.4, -0.2) is 22.3 Å². The van der Waals surface area contributed by atoms with Gasteiger partial charge in [0.2, 0.25) is 5.95 Å². The molecule has 0 amide bonds. The molecule has 0 aliphatic heterocycles. The molecule has 2 aromatic carbocycles. The Hall–Kier alpha value is -2.32. The summed E-state index contributed by atoms with van der Waals surface area (Å²) < 4.78 is 25.1. The van der Waals surface area contributed by atoms with E-state index >= 15 is 0 Å². The fourth-order valence-corrected chi connectivity index (χ4v) is 3.11. The standard InChI is InChI=1S/C17H15BrClFN4O2/c1-25-15-5-10(7-21-17-22-9-23-24-17)4-13(18)16(15)26-8-11-2-3-12(20)6-14(11)19/h2-6,9H,7-8H2,1H3,(H2,21,22,23,24). The highest BCUT2D eigenvalue weighted by Gasteiger charge is 2.13. The summed E-state index contributed by atoms with van der Waals surface area (Å²) in [7, 11) is 1.56. The molecule has 0 saturated carbocycles. The van der Waals surface area contributed by atoms with E-state index in [0.717, 1.165) is 10.0 Å². The molecular formula is C17H15BrClFN4O2. The molecule has 1 heterocycles. The Bertz CT molecular complexity index is 893. The second-order valence-corrected chi connectivity index (χ2v) is 6.58. The fourth-order valence-electron chi connectivity index (χ4n) is 2.28. The molecule has 9 heteroatoms. The van der Waals surface area contributed by atoms with Crippen LogP contribution in [0.4, 0.5) is 10.3 Å². The largest absolute Gasteiger partial charge is 0.493 e. The molecule has 0 spiro atoms. The van der Waals surface area contributed by atoms with Gasteiger partial charge in [-0.1, -0.05) is 17.7 Å². The SMILES string of the molecule is COc1cc(CNc2ncn[nH]2)cc(Br)c1OCc1ccc(F)cc1Cl. The van der Waals surface area contributed by atoms with Crippen molar-refractivity contribution >= 4 is 33.5 Å². The van der Waals surface area contributed by atoms with E-state index in [1.165, 1.54) is 18.5 Å². The average Bonchev–Trinajstić information content (AvgIpc) is 3.13. The summed E-state index contributed by atoms with van der Waals surface area (Å²) in [4.78, 5) is 4.01. The molecule has 26 heavy (non-hydrogen) atoms. The molecule has 0 atom stereocenters. The maximum absolute atomic E-state index is 13.1. The minimum Gasteiger partial charge on any atom is -0.493 e. The zero-order valence-electron chi connectivity index (χ0n) is 13.7. The van der Waals surface area contributed by atoms with Gasteiger partial charge in [0, 0.05) is 12.1 Å². The molecule has 136 valence electrons. The maximum atomic E-state index is 13.1. The summed E-state index contributed by atoms with van der Waals surface area (Å²) in [6.45, 7) is 0.706. The van der Waals surface area contributed by atoms with Crippen molar-refractivity contribution in [2.24, 2.45) is 0 Å². The molecular weight excluding hydrogens is 427 g/mol. The molecule has 2 N–H and O–H groups in total. The number of anilines is 1. The second-order valence-electron chi connectivity index (χ2n) is 5.32. The van der Waals surface area contributed by atoms with Gasteiger partial charge in [0.15, 0.2) is 11.5 Å². The lowest BCUT2D eigenvalue weighted by Crippen LogP contribution is -2.04. The summed E-state index contributed by atoms with van der Waals surface area (Å²) in [5, 5.41) is 9.93. The van der Waals surface area contributed by atoms with E-state index in [2.05, 4.69) is 36.4 Å². The van der Waals surface area contributed by atoms with Crippen molar-refractivity contribution in [3.63, 3.8) is 0 Å². The fraction of sp³-hybridized carbons (Fsp3) is 0.176. The van der Waals surface area contributed by atoms with E-state index in [0.29, 0.717) is 34.6 Å².